The van der Waals surface area contributed by atoms with Gasteiger partial charge in [0.15, 0.2) is 0 Å². The molecule has 0 saturated heterocycles. The zero-order valence-electron chi connectivity index (χ0n) is 9.91. The second-order valence-electron chi connectivity index (χ2n) is 4.01. The maximum absolute atomic E-state index is 12.0. The van der Waals surface area contributed by atoms with Gasteiger partial charge in [-0.25, -0.2) is 0 Å². The van der Waals surface area contributed by atoms with Crippen LogP contribution in [0.3, 0.4) is 0 Å². The molecular formula is C14H13BrN2O. The molecule has 0 fully saturated rings. The minimum Gasteiger partial charge on any atom is -0.397 e. The molecule has 92 valence electrons. The Morgan fingerprint density at radius 3 is 2.61 bits per heavy atom. The fourth-order valence-electron chi connectivity index (χ4n) is 1.54. The molecule has 2 aromatic carbocycles. The number of anilines is 2. The lowest BCUT2D eigenvalue weighted by Gasteiger charge is -2.08. The van der Waals surface area contributed by atoms with E-state index in [0.29, 0.717) is 16.9 Å². The van der Waals surface area contributed by atoms with Crippen LogP contribution in [0.4, 0.5) is 11.4 Å². The van der Waals surface area contributed by atoms with Gasteiger partial charge in [-0.1, -0.05) is 34.1 Å². The minimum atomic E-state index is -0.173. The molecule has 0 bridgehead atoms. The molecule has 2 aromatic rings. The van der Waals surface area contributed by atoms with Gasteiger partial charge in [-0.2, -0.15) is 0 Å². The van der Waals surface area contributed by atoms with E-state index in [-0.39, 0.29) is 5.91 Å². The van der Waals surface area contributed by atoms with Crippen molar-refractivity contribution in [3.63, 3.8) is 0 Å². The van der Waals surface area contributed by atoms with Crippen molar-refractivity contribution < 1.29 is 4.79 Å². The number of nitrogen functional groups attached to an aromatic ring is 1. The van der Waals surface area contributed by atoms with Crippen molar-refractivity contribution in [2.24, 2.45) is 0 Å². The third-order valence-electron chi connectivity index (χ3n) is 2.64. The Bertz CT molecular complexity index is 596. The molecule has 0 aromatic heterocycles. The minimum absolute atomic E-state index is 0.173. The third kappa shape index (κ3) is 2.71. The third-order valence-corrected chi connectivity index (χ3v) is 3.50. The van der Waals surface area contributed by atoms with Gasteiger partial charge in [0.2, 0.25) is 0 Å². The SMILES string of the molecule is Cc1ccc(C(=O)Nc2ccccc2N)cc1Br. The van der Waals surface area contributed by atoms with Crippen LogP contribution in [0.15, 0.2) is 46.9 Å². The summed E-state index contributed by atoms with van der Waals surface area (Å²) in [6.07, 6.45) is 0. The number of carbonyl (C=O) groups is 1. The Labute approximate surface area is 114 Å². The van der Waals surface area contributed by atoms with E-state index in [2.05, 4.69) is 21.2 Å². The summed E-state index contributed by atoms with van der Waals surface area (Å²) in [5.41, 5.74) is 8.64. The standard InChI is InChI=1S/C14H13BrN2O/c1-9-6-7-10(8-11(9)15)14(18)17-13-5-3-2-4-12(13)16/h2-8H,16H2,1H3,(H,17,18). The first kappa shape index (κ1) is 12.6. The monoisotopic (exact) mass is 304 g/mol. The normalized spacial score (nSPS) is 10.1. The number of carbonyl (C=O) groups excluding carboxylic acids is 1. The van der Waals surface area contributed by atoms with Crippen molar-refractivity contribution in [3.05, 3.63) is 58.1 Å². The Balaban J connectivity index is 2.22. The highest BCUT2D eigenvalue weighted by molar-refractivity contribution is 9.10. The summed E-state index contributed by atoms with van der Waals surface area (Å²) in [5.74, 6) is -0.173. The molecule has 0 saturated carbocycles. The van der Waals surface area contributed by atoms with Crippen LogP contribution < -0.4 is 11.1 Å². The van der Waals surface area contributed by atoms with Crippen LogP contribution >= 0.6 is 15.9 Å². The van der Waals surface area contributed by atoms with Crippen molar-refractivity contribution >= 4 is 33.2 Å². The molecule has 0 aliphatic heterocycles. The van der Waals surface area contributed by atoms with E-state index in [1.54, 1.807) is 24.3 Å². The molecular weight excluding hydrogens is 292 g/mol. The van der Waals surface area contributed by atoms with Gasteiger partial charge in [0.25, 0.3) is 5.91 Å². The van der Waals surface area contributed by atoms with E-state index < -0.39 is 0 Å². The van der Waals surface area contributed by atoms with Crippen molar-refractivity contribution in [2.45, 2.75) is 6.92 Å². The molecule has 0 heterocycles. The summed E-state index contributed by atoms with van der Waals surface area (Å²) < 4.78 is 0.913. The lowest BCUT2D eigenvalue weighted by Crippen LogP contribution is -2.13. The molecule has 0 spiro atoms. The average Bonchev–Trinajstić information content (AvgIpc) is 2.35. The highest BCUT2D eigenvalue weighted by atomic mass is 79.9. The molecule has 0 atom stereocenters. The van der Waals surface area contributed by atoms with Gasteiger partial charge in [0.1, 0.15) is 0 Å². The number of amides is 1. The van der Waals surface area contributed by atoms with Crippen LogP contribution in [0.1, 0.15) is 15.9 Å². The average molecular weight is 305 g/mol. The largest absolute Gasteiger partial charge is 0.397 e. The molecule has 0 aliphatic rings. The smallest absolute Gasteiger partial charge is 0.255 e. The quantitative estimate of drug-likeness (QED) is 0.833. The number of halogens is 1. The molecule has 2 rings (SSSR count). The molecule has 3 nitrogen and oxygen atoms in total. The molecule has 3 N–H and O–H groups in total. The molecule has 4 heteroatoms. The number of para-hydroxylation sites is 2. The summed E-state index contributed by atoms with van der Waals surface area (Å²) in [6, 6.07) is 12.7. The lowest BCUT2D eigenvalue weighted by atomic mass is 10.1. The second kappa shape index (κ2) is 5.23. The number of hydrogen-bond donors (Lipinski definition) is 2. The Hall–Kier alpha value is -1.81. The summed E-state index contributed by atoms with van der Waals surface area (Å²) in [5, 5.41) is 2.79. The number of nitrogens with one attached hydrogen (secondary N) is 1. The first-order valence-electron chi connectivity index (χ1n) is 5.50. The van der Waals surface area contributed by atoms with Gasteiger partial charge in [-0.05, 0) is 36.8 Å². The molecule has 1 amide bonds. The number of benzene rings is 2. The van der Waals surface area contributed by atoms with Gasteiger partial charge < -0.3 is 11.1 Å². The van der Waals surface area contributed by atoms with Gasteiger partial charge in [-0.3, -0.25) is 4.79 Å². The number of rotatable bonds is 2. The van der Waals surface area contributed by atoms with Gasteiger partial charge in [0, 0.05) is 10.0 Å². The Kier molecular flexibility index (Phi) is 3.67. The van der Waals surface area contributed by atoms with Gasteiger partial charge in [-0.15, -0.1) is 0 Å². The van der Waals surface area contributed by atoms with E-state index in [1.807, 2.05) is 25.1 Å². The Morgan fingerprint density at radius 1 is 1.22 bits per heavy atom. The zero-order chi connectivity index (χ0) is 13.1. The van der Waals surface area contributed by atoms with Crippen LogP contribution in [0.2, 0.25) is 0 Å². The van der Waals surface area contributed by atoms with Crippen molar-refractivity contribution in [2.75, 3.05) is 11.1 Å². The predicted molar refractivity (Wildman–Crippen MR) is 77.7 cm³/mol. The van der Waals surface area contributed by atoms with Crippen LogP contribution in [0, 0.1) is 6.92 Å². The van der Waals surface area contributed by atoms with E-state index in [4.69, 9.17) is 5.73 Å². The molecule has 0 aliphatic carbocycles. The molecule has 0 unspecified atom stereocenters. The Morgan fingerprint density at radius 2 is 1.94 bits per heavy atom. The van der Waals surface area contributed by atoms with E-state index in [0.717, 1.165) is 10.0 Å². The lowest BCUT2D eigenvalue weighted by molar-refractivity contribution is 0.102. The fraction of sp³-hybridized carbons (Fsp3) is 0.0714. The fourth-order valence-corrected chi connectivity index (χ4v) is 1.92. The topological polar surface area (TPSA) is 55.1 Å². The van der Waals surface area contributed by atoms with E-state index in [1.165, 1.54) is 0 Å². The van der Waals surface area contributed by atoms with Crippen LogP contribution in [-0.4, -0.2) is 5.91 Å². The number of nitrogens with two attached hydrogens (primary N) is 1. The number of aryl methyl sites for hydroxylation is 1. The van der Waals surface area contributed by atoms with Crippen molar-refractivity contribution in [1.29, 1.82) is 0 Å². The first-order chi connectivity index (χ1) is 8.58. The second-order valence-corrected chi connectivity index (χ2v) is 4.86. The maximum atomic E-state index is 12.0. The highest BCUT2D eigenvalue weighted by Crippen LogP contribution is 2.20. The van der Waals surface area contributed by atoms with Crippen molar-refractivity contribution in [1.82, 2.24) is 0 Å². The van der Waals surface area contributed by atoms with Crippen LogP contribution in [0.5, 0.6) is 0 Å². The summed E-state index contributed by atoms with van der Waals surface area (Å²) >= 11 is 3.41. The summed E-state index contributed by atoms with van der Waals surface area (Å²) in [7, 11) is 0. The molecule has 18 heavy (non-hydrogen) atoms. The number of hydrogen-bond acceptors (Lipinski definition) is 2. The highest BCUT2D eigenvalue weighted by Gasteiger charge is 2.08. The zero-order valence-corrected chi connectivity index (χ0v) is 11.5. The van der Waals surface area contributed by atoms with E-state index in [9.17, 15) is 4.79 Å². The first-order valence-corrected chi connectivity index (χ1v) is 6.29. The van der Waals surface area contributed by atoms with Crippen molar-refractivity contribution in [3.8, 4) is 0 Å². The summed E-state index contributed by atoms with van der Waals surface area (Å²) in [6.45, 7) is 1.97. The van der Waals surface area contributed by atoms with Gasteiger partial charge in [0.05, 0.1) is 11.4 Å². The molecule has 0 radical (unpaired) electrons. The van der Waals surface area contributed by atoms with Crippen LogP contribution in [0.25, 0.3) is 0 Å². The van der Waals surface area contributed by atoms with E-state index >= 15 is 0 Å². The maximum Gasteiger partial charge on any atom is 0.255 e. The van der Waals surface area contributed by atoms with Gasteiger partial charge >= 0.3 is 0 Å². The summed E-state index contributed by atoms with van der Waals surface area (Å²) in [4.78, 5) is 12.0. The predicted octanol–water partition coefficient (Wildman–Crippen LogP) is 3.59. The van der Waals surface area contributed by atoms with Crippen LogP contribution in [-0.2, 0) is 0 Å².